The maximum atomic E-state index is 12.2. The molecule has 2 N–H and O–H groups in total. The molecular weight excluding hydrogens is 264 g/mol. The summed E-state index contributed by atoms with van der Waals surface area (Å²) in [6.45, 7) is 2.75. The Balaban J connectivity index is 2.08. The minimum atomic E-state index is -0.215. The lowest BCUT2D eigenvalue weighted by molar-refractivity contribution is 0.102. The van der Waals surface area contributed by atoms with Gasteiger partial charge in [-0.2, -0.15) is 0 Å². The Kier molecular flexibility index (Phi) is 4.77. The quantitative estimate of drug-likeness (QED) is 0.886. The fourth-order valence-corrected chi connectivity index (χ4v) is 1.88. The number of hydrogen-bond acceptors (Lipinski definition) is 4. The molecule has 0 saturated carbocycles. The van der Waals surface area contributed by atoms with E-state index in [0.29, 0.717) is 11.5 Å². The lowest BCUT2D eigenvalue weighted by Gasteiger charge is -2.13. The number of anilines is 3. The first-order chi connectivity index (χ1) is 10.1. The second-order valence-electron chi connectivity index (χ2n) is 4.83. The molecule has 0 fully saturated rings. The van der Waals surface area contributed by atoms with Crippen LogP contribution in [0.5, 0.6) is 0 Å². The first-order valence-electron chi connectivity index (χ1n) is 6.90. The Morgan fingerprint density at radius 2 is 1.86 bits per heavy atom. The predicted molar refractivity (Wildman–Crippen MR) is 87.1 cm³/mol. The van der Waals surface area contributed by atoms with Crippen molar-refractivity contribution in [2.45, 2.75) is 6.92 Å². The normalized spacial score (nSPS) is 10.0. The van der Waals surface area contributed by atoms with Crippen molar-refractivity contribution in [2.75, 3.05) is 36.2 Å². The molecule has 0 aliphatic rings. The van der Waals surface area contributed by atoms with Gasteiger partial charge in [0, 0.05) is 32.0 Å². The topological polar surface area (TPSA) is 57.3 Å². The highest BCUT2D eigenvalue weighted by molar-refractivity contribution is 6.03. The minimum Gasteiger partial charge on any atom is -0.378 e. The third-order valence-electron chi connectivity index (χ3n) is 2.98. The van der Waals surface area contributed by atoms with Gasteiger partial charge in [-0.15, -0.1) is 0 Å². The van der Waals surface area contributed by atoms with E-state index in [0.717, 1.165) is 17.9 Å². The molecule has 1 aromatic heterocycles. The fraction of sp³-hybridized carbons (Fsp3) is 0.250. The molecule has 0 bridgehead atoms. The third kappa shape index (κ3) is 3.95. The van der Waals surface area contributed by atoms with Gasteiger partial charge in [0.1, 0.15) is 11.5 Å². The molecule has 2 rings (SSSR count). The molecule has 0 aliphatic carbocycles. The van der Waals surface area contributed by atoms with Gasteiger partial charge >= 0.3 is 0 Å². The van der Waals surface area contributed by atoms with Gasteiger partial charge in [-0.25, -0.2) is 4.98 Å². The molecule has 110 valence electrons. The molecular formula is C16H20N4O. The number of carbonyl (C=O) groups is 1. The van der Waals surface area contributed by atoms with Crippen molar-refractivity contribution in [1.29, 1.82) is 0 Å². The van der Waals surface area contributed by atoms with Crippen LogP contribution < -0.4 is 15.5 Å². The van der Waals surface area contributed by atoms with E-state index in [1.165, 1.54) is 0 Å². The van der Waals surface area contributed by atoms with Crippen LogP contribution in [0.4, 0.5) is 17.2 Å². The molecule has 1 amide bonds. The second kappa shape index (κ2) is 6.74. The molecule has 0 atom stereocenters. The van der Waals surface area contributed by atoms with E-state index in [-0.39, 0.29) is 5.91 Å². The summed E-state index contributed by atoms with van der Waals surface area (Å²) in [5.41, 5.74) is 2.23. The van der Waals surface area contributed by atoms with Crippen LogP contribution in [0.1, 0.15) is 17.4 Å². The standard InChI is InChI=1S/C16H20N4O/c1-4-17-15-7-5-6-14(19-15)16(21)18-12-8-10-13(11-9-12)20(2)3/h5-11H,4H2,1-3H3,(H,17,19)(H,18,21). The van der Waals surface area contributed by atoms with Crippen LogP contribution in [0.25, 0.3) is 0 Å². The first-order valence-corrected chi connectivity index (χ1v) is 6.90. The zero-order valence-corrected chi connectivity index (χ0v) is 12.6. The smallest absolute Gasteiger partial charge is 0.274 e. The molecule has 0 aliphatic heterocycles. The van der Waals surface area contributed by atoms with Gasteiger partial charge in [-0.3, -0.25) is 4.79 Å². The number of aromatic nitrogens is 1. The van der Waals surface area contributed by atoms with Crippen LogP contribution in [0.15, 0.2) is 42.5 Å². The molecule has 1 aromatic carbocycles. The Bertz CT molecular complexity index is 608. The lowest BCUT2D eigenvalue weighted by Crippen LogP contribution is -2.15. The first kappa shape index (κ1) is 14.8. The number of carbonyl (C=O) groups excluding carboxylic acids is 1. The van der Waals surface area contributed by atoms with E-state index in [9.17, 15) is 4.79 Å². The summed E-state index contributed by atoms with van der Waals surface area (Å²) in [5, 5.41) is 5.94. The number of nitrogens with one attached hydrogen (secondary N) is 2. The number of benzene rings is 1. The zero-order chi connectivity index (χ0) is 15.2. The van der Waals surface area contributed by atoms with Gasteiger partial charge in [0.15, 0.2) is 0 Å². The van der Waals surface area contributed by atoms with Crippen molar-refractivity contribution in [3.8, 4) is 0 Å². The van der Waals surface area contributed by atoms with Gasteiger partial charge < -0.3 is 15.5 Å². The molecule has 2 aromatic rings. The van der Waals surface area contributed by atoms with E-state index >= 15 is 0 Å². The Morgan fingerprint density at radius 1 is 1.14 bits per heavy atom. The molecule has 0 unspecified atom stereocenters. The highest BCUT2D eigenvalue weighted by atomic mass is 16.1. The summed E-state index contributed by atoms with van der Waals surface area (Å²) in [4.78, 5) is 18.5. The molecule has 21 heavy (non-hydrogen) atoms. The van der Waals surface area contributed by atoms with Crippen molar-refractivity contribution < 1.29 is 4.79 Å². The summed E-state index contributed by atoms with van der Waals surface area (Å²) in [7, 11) is 3.95. The lowest BCUT2D eigenvalue weighted by atomic mass is 10.2. The molecule has 0 radical (unpaired) electrons. The molecule has 0 saturated heterocycles. The second-order valence-corrected chi connectivity index (χ2v) is 4.83. The Labute approximate surface area is 125 Å². The van der Waals surface area contributed by atoms with E-state index in [1.54, 1.807) is 6.07 Å². The SMILES string of the molecule is CCNc1cccc(C(=O)Nc2ccc(N(C)C)cc2)n1. The van der Waals surface area contributed by atoms with E-state index in [1.807, 2.05) is 62.3 Å². The van der Waals surface area contributed by atoms with Crippen molar-refractivity contribution in [1.82, 2.24) is 4.98 Å². The summed E-state index contributed by atoms with van der Waals surface area (Å²) < 4.78 is 0. The van der Waals surface area contributed by atoms with Crippen molar-refractivity contribution >= 4 is 23.1 Å². The maximum Gasteiger partial charge on any atom is 0.274 e. The van der Waals surface area contributed by atoms with Gasteiger partial charge in [-0.1, -0.05) is 6.07 Å². The van der Waals surface area contributed by atoms with E-state index in [2.05, 4.69) is 15.6 Å². The predicted octanol–water partition coefficient (Wildman–Crippen LogP) is 2.83. The van der Waals surface area contributed by atoms with Crippen molar-refractivity contribution in [3.63, 3.8) is 0 Å². The number of hydrogen-bond donors (Lipinski definition) is 2. The van der Waals surface area contributed by atoms with Crippen LogP contribution in [0.2, 0.25) is 0 Å². The Hall–Kier alpha value is -2.56. The van der Waals surface area contributed by atoms with Crippen molar-refractivity contribution in [2.24, 2.45) is 0 Å². The van der Waals surface area contributed by atoms with Crippen LogP contribution in [0, 0.1) is 0 Å². The summed E-state index contributed by atoms with van der Waals surface area (Å²) in [6, 6.07) is 13.0. The molecule has 5 heteroatoms. The number of nitrogens with zero attached hydrogens (tertiary/aromatic N) is 2. The van der Waals surface area contributed by atoms with Crippen LogP contribution >= 0.6 is 0 Å². The summed E-state index contributed by atoms with van der Waals surface area (Å²) in [6.07, 6.45) is 0. The van der Waals surface area contributed by atoms with Gasteiger partial charge in [0.25, 0.3) is 5.91 Å². The van der Waals surface area contributed by atoms with Crippen LogP contribution in [-0.2, 0) is 0 Å². The zero-order valence-electron chi connectivity index (χ0n) is 12.6. The van der Waals surface area contributed by atoms with E-state index in [4.69, 9.17) is 0 Å². The molecule has 0 spiro atoms. The van der Waals surface area contributed by atoms with Crippen LogP contribution in [0.3, 0.4) is 0 Å². The highest BCUT2D eigenvalue weighted by Gasteiger charge is 2.08. The monoisotopic (exact) mass is 284 g/mol. The van der Waals surface area contributed by atoms with Gasteiger partial charge in [0.05, 0.1) is 0 Å². The van der Waals surface area contributed by atoms with Crippen molar-refractivity contribution in [3.05, 3.63) is 48.2 Å². The summed E-state index contributed by atoms with van der Waals surface area (Å²) >= 11 is 0. The number of pyridine rings is 1. The average Bonchev–Trinajstić information content (AvgIpc) is 2.48. The number of rotatable bonds is 5. The number of amides is 1. The summed E-state index contributed by atoms with van der Waals surface area (Å²) in [5.74, 6) is 0.487. The highest BCUT2D eigenvalue weighted by Crippen LogP contribution is 2.16. The molecule has 1 heterocycles. The Morgan fingerprint density at radius 3 is 2.48 bits per heavy atom. The van der Waals surface area contributed by atoms with Crippen LogP contribution in [-0.4, -0.2) is 31.5 Å². The third-order valence-corrected chi connectivity index (χ3v) is 2.98. The molecule has 5 nitrogen and oxygen atoms in total. The van der Waals surface area contributed by atoms with Gasteiger partial charge in [0.2, 0.25) is 0 Å². The van der Waals surface area contributed by atoms with Gasteiger partial charge in [-0.05, 0) is 43.3 Å². The minimum absolute atomic E-state index is 0.215. The average molecular weight is 284 g/mol. The maximum absolute atomic E-state index is 12.2. The fourth-order valence-electron chi connectivity index (χ4n) is 1.88. The largest absolute Gasteiger partial charge is 0.378 e. The van der Waals surface area contributed by atoms with E-state index < -0.39 is 0 Å².